The quantitative estimate of drug-likeness (QED) is 0.886. The average Bonchev–Trinajstić information content (AvgIpc) is 2.40. The molecule has 20 heavy (non-hydrogen) atoms. The Morgan fingerprint density at radius 3 is 2.85 bits per heavy atom. The molecule has 110 valence electrons. The van der Waals surface area contributed by atoms with Crippen LogP contribution in [0, 0.1) is 6.92 Å². The molecule has 0 aliphatic carbocycles. The number of amides is 1. The van der Waals surface area contributed by atoms with Gasteiger partial charge in [0, 0.05) is 24.5 Å². The molecule has 3 atom stereocenters. The second-order valence-corrected chi connectivity index (χ2v) is 6.10. The van der Waals surface area contributed by atoms with E-state index in [9.17, 15) is 4.79 Å². The lowest BCUT2D eigenvalue weighted by molar-refractivity contribution is -0.122. The van der Waals surface area contributed by atoms with Gasteiger partial charge in [0.25, 0.3) is 0 Å². The molecule has 3 unspecified atom stereocenters. The van der Waals surface area contributed by atoms with Crippen molar-refractivity contribution in [2.45, 2.75) is 64.6 Å². The van der Waals surface area contributed by atoms with Crippen molar-refractivity contribution in [3.8, 4) is 0 Å². The molecule has 1 amide bonds. The fourth-order valence-corrected chi connectivity index (χ4v) is 2.93. The highest BCUT2D eigenvalue weighted by Gasteiger charge is 2.25. The van der Waals surface area contributed by atoms with Crippen molar-refractivity contribution < 1.29 is 4.79 Å². The molecule has 0 aromatic heterocycles. The predicted molar refractivity (Wildman–Crippen MR) is 82.7 cm³/mol. The van der Waals surface area contributed by atoms with Crippen molar-refractivity contribution in [1.82, 2.24) is 10.6 Å². The summed E-state index contributed by atoms with van der Waals surface area (Å²) in [5.41, 5.74) is 2.49. The Morgan fingerprint density at radius 2 is 2.15 bits per heavy atom. The summed E-state index contributed by atoms with van der Waals surface area (Å²) in [6.45, 7) is 6.44. The van der Waals surface area contributed by atoms with Crippen LogP contribution in [0.15, 0.2) is 24.3 Å². The van der Waals surface area contributed by atoms with Gasteiger partial charge in [-0.2, -0.15) is 0 Å². The Hall–Kier alpha value is -1.35. The SMILES string of the molecule is Cc1cccc(CCC(=O)NC2CCC(C)NC2C)c1. The highest BCUT2D eigenvalue weighted by molar-refractivity contribution is 5.76. The highest BCUT2D eigenvalue weighted by Crippen LogP contribution is 2.13. The first-order valence-corrected chi connectivity index (χ1v) is 7.65. The first kappa shape index (κ1) is 15.0. The molecule has 1 aromatic carbocycles. The summed E-state index contributed by atoms with van der Waals surface area (Å²) in [6, 6.07) is 9.58. The Bertz CT molecular complexity index is 458. The molecule has 1 aromatic rings. The van der Waals surface area contributed by atoms with E-state index in [4.69, 9.17) is 0 Å². The van der Waals surface area contributed by atoms with E-state index in [-0.39, 0.29) is 11.9 Å². The van der Waals surface area contributed by atoms with E-state index < -0.39 is 0 Å². The van der Waals surface area contributed by atoms with Crippen LogP contribution >= 0.6 is 0 Å². The van der Waals surface area contributed by atoms with Crippen LogP contribution in [0.1, 0.15) is 44.2 Å². The second-order valence-electron chi connectivity index (χ2n) is 6.10. The lowest BCUT2D eigenvalue weighted by Crippen LogP contribution is -2.54. The predicted octanol–water partition coefficient (Wildman–Crippen LogP) is 2.57. The molecule has 1 heterocycles. The number of nitrogens with one attached hydrogen (secondary N) is 2. The van der Waals surface area contributed by atoms with E-state index in [2.05, 4.69) is 55.7 Å². The van der Waals surface area contributed by atoms with Gasteiger partial charge in [-0.1, -0.05) is 29.8 Å². The normalized spacial score (nSPS) is 26.2. The van der Waals surface area contributed by atoms with Gasteiger partial charge in [0.15, 0.2) is 0 Å². The molecule has 0 bridgehead atoms. The molecule has 3 heteroatoms. The van der Waals surface area contributed by atoms with Gasteiger partial charge in [0.1, 0.15) is 0 Å². The largest absolute Gasteiger partial charge is 0.352 e. The summed E-state index contributed by atoms with van der Waals surface area (Å²) >= 11 is 0. The molecule has 1 fully saturated rings. The first-order valence-electron chi connectivity index (χ1n) is 7.65. The van der Waals surface area contributed by atoms with Crippen molar-refractivity contribution in [3.05, 3.63) is 35.4 Å². The van der Waals surface area contributed by atoms with E-state index in [0.717, 1.165) is 19.3 Å². The number of piperidine rings is 1. The Labute approximate surface area is 122 Å². The van der Waals surface area contributed by atoms with E-state index in [1.807, 2.05) is 0 Å². The molecule has 0 radical (unpaired) electrons. The van der Waals surface area contributed by atoms with Gasteiger partial charge in [0.05, 0.1) is 0 Å². The van der Waals surface area contributed by atoms with Gasteiger partial charge >= 0.3 is 0 Å². The summed E-state index contributed by atoms with van der Waals surface area (Å²) in [4.78, 5) is 12.1. The van der Waals surface area contributed by atoms with Crippen LogP contribution in [-0.2, 0) is 11.2 Å². The smallest absolute Gasteiger partial charge is 0.220 e. The van der Waals surface area contributed by atoms with Crippen molar-refractivity contribution in [2.75, 3.05) is 0 Å². The number of carbonyl (C=O) groups excluding carboxylic acids is 1. The molecule has 0 saturated carbocycles. The van der Waals surface area contributed by atoms with Gasteiger partial charge in [-0.25, -0.2) is 0 Å². The zero-order valence-electron chi connectivity index (χ0n) is 12.8. The molecule has 2 N–H and O–H groups in total. The summed E-state index contributed by atoms with van der Waals surface area (Å²) in [7, 11) is 0. The maximum Gasteiger partial charge on any atom is 0.220 e. The minimum Gasteiger partial charge on any atom is -0.352 e. The molecule has 2 rings (SSSR count). The van der Waals surface area contributed by atoms with Gasteiger partial charge < -0.3 is 10.6 Å². The molecule has 1 aliphatic rings. The zero-order valence-corrected chi connectivity index (χ0v) is 12.8. The summed E-state index contributed by atoms with van der Waals surface area (Å²) in [6.07, 6.45) is 3.60. The van der Waals surface area contributed by atoms with Gasteiger partial charge in [-0.3, -0.25) is 4.79 Å². The number of hydrogen-bond acceptors (Lipinski definition) is 2. The van der Waals surface area contributed by atoms with Crippen molar-refractivity contribution in [1.29, 1.82) is 0 Å². The number of aryl methyl sites for hydroxylation is 2. The third-order valence-corrected chi connectivity index (χ3v) is 4.13. The topological polar surface area (TPSA) is 41.1 Å². The first-order chi connectivity index (χ1) is 9.54. The maximum atomic E-state index is 12.1. The zero-order chi connectivity index (χ0) is 14.5. The molecular formula is C17H26N2O. The molecular weight excluding hydrogens is 248 g/mol. The number of hydrogen-bond donors (Lipinski definition) is 2. The van der Waals surface area contributed by atoms with Crippen LogP contribution in [0.2, 0.25) is 0 Å². The van der Waals surface area contributed by atoms with Crippen LogP contribution in [0.25, 0.3) is 0 Å². The third-order valence-electron chi connectivity index (χ3n) is 4.13. The van der Waals surface area contributed by atoms with Crippen molar-refractivity contribution >= 4 is 5.91 Å². The highest BCUT2D eigenvalue weighted by atomic mass is 16.1. The van der Waals surface area contributed by atoms with Crippen molar-refractivity contribution in [2.24, 2.45) is 0 Å². The van der Waals surface area contributed by atoms with E-state index in [1.165, 1.54) is 11.1 Å². The monoisotopic (exact) mass is 274 g/mol. The number of benzene rings is 1. The van der Waals surface area contributed by atoms with E-state index in [1.54, 1.807) is 0 Å². The minimum atomic E-state index is 0.166. The summed E-state index contributed by atoms with van der Waals surface area (Å²) in [5.74, 6) is 0.166. The number of rotatable bonds is 4. The Kier molecular flexibility index (Phi) is 5.18. The fraction of sp³-hybridized carbons (Fsp3) is 0.588. The average molecular weight is 274 g/mol. The summed E-state index contributed by atoms with van der Waals surface area (Å²) in [5, 5.41) is 6.67. The molecule has 1 aliphatic heterocycles. The maximum absolute atomic E-state index is 12.1. The fourth-order valence-electron chi connectivity index (χ4n) is 2.93. The Balaban J connectivity index is 1.78. The van der Waals surface area contributed by atoms with Crippen LogP contribution < -0.4 is 10.6 Å². The van der Waals surface area contributed by atoms with Gasteiger partial charge in [0.2, 0.25) is 5.91 Å². The van der Waals surface area contributed by atoms with Gasteiger partial charge in [-0.15, -0.1) is 0 Å². The second kappa shape index (κ2) is 6.89. The van der Waals surface area contributed by atoms with Crippen LogP contribution in [0.3, 0.4) is 0 Å². The van der Waals surface area contributed by atoms with Crippen LogP contribution in [0.5, 0.6) is 0 Å². The van der Waals surface area contributed by atoms with Crippen LogP contribution in [-0.4, -0.2) is 24.0 Å². The lowest BCUT2D eigenvalue weighted by atomic mass is 9.95. The van der Waals surface area contributed by atoms with E-state index in [0.29, 0.717) is 18.5 Å². The Morgan fingerprint density at radius 1 is 1.35 bits per heavy atom. The third kappa shape index (κ3) is 4.34. The molecule has 1 saturated heterocycles. The van der Waals surface area contributed by atoms with Crippen molar-refractivity contribution in [3.63, 3.8) is 0 Å². The molecule has 3 nitrogen and oxygen atoms in total. The standard InChI is InChI=1S/C17H26N2O/c1-12-5-4-6-15(11-12)8-10-17(20)19-16-9-7-13(2)18-14(16)3/h4-6,11,13-14,16,18H,7-10H2,1-3H3,(H,19,20). The van der Waals surface area contributed by atoms with E-state index >= 15 is 0 Å². The minimum absolute atomic E-state index is 0.166. The summed E-state index contributed by atoms with van der Waals surface area (Å²) < 4.78 is 0. The van der Waals surface area contributed by atoms with Gasteiger partial charge in [-0.05, 0) is 45.6 Å². The van der Waals surface area contributed by atoms with Crippen LogP contribution in [0.4, 0.5) is 0 Å². The lowest BCUT2D eigenvalue weighted by Gasteiger charge is -2.34. The number of carbonyl (C=O) groups is 1. The molecule has 0 spiro atoms.